The molecule has 1 atom stereocenters. The number of hydrogen-bond donors (Lipinski definition) is 1. The summed E-state index contributed by atoms with van der Waals surface area (Å²) in [5.41, 5.74) is 0.441. The Bertz CT molecular complexity index is 650. The highest BCUT2D eigenvalue weighted by Gasteiger charge is 2.33. The van der Waals surface area contributed by atoms with Crippen molar-refractivity contribution in [1.82, 2.24) is 4.31 Å². The molecule has 1 aliphatic rings. The van der Waals surface area contributed by atoms with Gasteiger partial charge in [0.2, 0.25) is 10.0 Å². The van der Waals surface area contributed by atoms with Crippen molar-refractivity contribution in [2.75, 3.05) is 13.1 Å². The highest BCUT2D eigenvalue weighted by molar-refractivity contribution is 7.89. The Labute approximate surface area is 123 Å². The number of nitrogens with zero attached hydrogens (tertiary/aromatic N) is 1. The number of carboxylic acid groups (broad SMARTS) is 1. The standard InChI is InChI=1S/C14H17NO5S/c1-10(16)11-4-6-13(7-5-11)21(19,20)15-8-2-3-12(9-15)14(17)18/h4-7,12H,2-3,8-9H2,1H3,(H,17,18)/t12-/m0/s1. The Morgan fingerprint density at radius 3 is 2.38 bits per heavy atom. The first kappa shape index (κ1) is 15.7. The molecule has 21 heavy (non-hydrogen) atoms. The fourth-order valence-electron chi connectivity index (χ4n) is 2.37. The maximum absolute atomic E-state index is 12.5. The van der Waals surface area contributed by atoms with E-state index in [4.69, 9.17) is 5.11 Å². The monoisotopic (exact) mass is 311 g/mol. The van der Waals surface area contributed by atoms with Gasteiger partial charge in [0.25, 0.3) is 0 Å². The van der Waals surface area contributed by atoms with E-state index in [1.807, 2.05) is 0 Å². The summed E-state index contributed by atoms with van der Waals surface area (Å²) in [5.74, 6) is -1.77. The van der Waals surface area contributed by atoms with Crippen molar-refractivity contribution < 1.29 is 23.1 Å². The Balaban J connectivity index is 2.24. The van der Waals surface area contributed by atoms with Crippen LogP contribution in [0.15, 0.2) is 29.2 Å². The van der Waals surface area contributed by atoms with Crippen LogP contribution in [0.1, 0.15) is 30.1 Å². The largest absolute Gasteiger partial charge is 0.481 e. The summed E-state index contributed by atoms with van der Waals surface area (Å²) < 4.78 is 26.2. The minimum absolute atomic E-state index is 0.00781. The summed E-state index contributed by atoms with van der Waals surface area (Å²) in [6, 6.07) is 5.70. The van der Waals surface area contributed by atoms with E-state index in [9.17, 15) is 18.0 Å². The molecule has 0 unspecified atom stereocenters. The van der Waals surface area contributed by atoms with Crippen LogP contribution in [0.25, 0.3) is 0 Å². The van der Waals surface area contributed by atoms with Gasteiger partial charge in [0, 0.05) is 18.7 Å². The molecule has 1 aliphatic heterocycles. The zero-order chi connectivity index (χ0) is 15.6. The topological polar surface area (TPSA) is 91.8 Å². The molecule has 0 aliphatic carbocycles. The van der Waals surface area contributed by atoms with E-state index in [1.54, 1.807) is 0 Å². The number of piperidine rings is 1. The van der Waals surface area contributed by atoms with Crippen molar-refractivity contribution >= 4 is 21.8 Å². The first-order valence-electron chi connectivity index (χ1n) is 6.66. The highest BCUT2D eigenvalue weighted by atomic mass is 32.2. The molecule has 0 radical (unpaired) electrons. The first-order chi connectivity index (χ1) is 9.82. The van der Waals surface area contributed by atoms with Gasteiger partial charge in [-0.2, -0.15) is 4.31 Å². The summed E-state index contributed by atoms with van der Waals surface area (Å²) in [6.45, 7) is 1.72. The summed E-state index contributed by atoms with van der Waals surface area (Å²) in [4.78, 5) is 22.3. The van der Waals surface area contributed by atoms with Gasteiger partial charge in [-0.25, -0.2) is 8.42 Å². The van der Waals surface area contributed by atoms with Crippen LogP contribution in [0, 0.1) is 5.92 Å². The number of ketones is 1. The van der Waals surface area contributed by atoms with Crippen LogP contribution in [-0.2, 0) is 14.8 Å². The van der Waals surface area contributed by atoms with E-state index in [1.165, 1.54) is 35.5 Å². The number of carboxylic acids is 1. The zero-order valence-corrected chi connectivity index (χ0v) is 12.5. The van der Waals surface area contributed by atoms with Gasteiger partial charge in [-0.15, -0.1) is 0 Å². The first-order valence-corrected chi connectivity index (χ1v) is 8.10. The van der Waals surface area contributed by atoms with Crippen LogP contribution < -0.4 is 0 Å². The number of Topliss-reactive ketones (excluding diaryl/α,β-unsaturated/α-hetero) is 1. The Hall–Kier alpha value is -1.73. The fraction of sp³-hybridized carbons (Fsp3) is 0.429. The average Bonchev–Trinajstić information content (AvgIpc) is 2.47. The van der Waals surface area contributed by atoms with Crippen molar-refractivity contribution in [3.63, 3.8) is 0 Å². The maximum Gasteiger partial charge on any atom is 0.307 e. The molecule has 1 aromatic carbocycles. The molecule has 2 rings (SSSR count). The smallest absolute Gasteiger partial charge is 0.307 e. The summed E-state index contributed by atoms with van der Waals surface area (Å²) in [7, 11) is -3.71. The minimum Gasteiger partial charge on any atom is -0.481 e. The molecule has 1 fully saturated rings. The Morgan fingerprint density at radius 1 is 1.24 bits per heavy atom. The van der Waals surface area contributed by atoms with Crippen LogP contribution in [0.3, 0.4) is 0 Å². The van der Waals surface area contributed by atoms with Gasteiger partial charge in [0.1, 0.15) is 0 Å². The predicted molar refractivity (Wildman–Crippen MR) is 75.6 cm³/mol. The second-order valence-electron chi connectivity index (χ2n) is 5.12. The lowest BCUT2D eigenvalue weighted by molar-refractivity contribution is -0.142. The second kappa shape index (κ2) is 5.95. The number of rotatable bonds is 4. The molecule has 0 aromatic heterocycles. The van der Waals surface area contributed by atoms with E-state index in [0.29, 0.717) is 24.9 Å². The second-order valence-corrected chi connectivity index (χ2v) is 7.06. The van der Waals surface area contributed by atoms with Gasteiger partial charge in [0.15, 0.2) is 5.78 Å². The molecule has 0 amide bonds. The molecule has 1 N–H and O–H groups in total. The third-order valence-electron chi connectivity index (χ3n) is 3.63. The van der Waals surface area contributed by atoms with Gasteiger partial charge in [0.05, 0.1) is 10.8 Å². The Morgan fingerprint density at radius 2 is 1.86 bits per heavy atom. The van der Waals surface area contributed by atoms with Crippen LogP contribution >= 0.6 is 0 Å². The Kier molecular flexibility index (Phi) is 4.43. The van der Waals surface area contributed by atoms with Crippen LogP contribution in [-0.4, -0.2) is 42.7 Å². The quantitative estimate of drug-likeness (QED) is 0.848. The predicted octanol–water partition coefficient (Wildman–Crippen LogP) is 1.37. The van der Waals surface area contributed by atoms with E-state index < -0.39 is 21.9 Å². The molecular formula is C14H17NO5S. The highest BCUT2D eigenvalue weighted by Crippen LogP contribution is 2.24. The summed E-state index contributed by atoms with van der Waals surface area (Å²) >= 11 is 0. The van der Waals surface area contributed by atoms with E-state index in [-0.39, 0.29) is 17.2 Å². The van der Waals surface area contributed by atoms with E-state index >= 15 is 0 Å². The van der Waals surface area contributed by atoms with E-state index in [0.717, 1.165) is 0 Å². The van der Waals surface area contributed by atoms with Crippen molar-refractivity contribution in [1.29, 1.82) is 0 Å². The molecule has 0 spiro atoms. The molecule has 7 heteroatoms. The molecule has 1 saturated heterocycles. The molecular weight excluding hydrogens is 294 g/mol. The van der Waals surface area contributed by atoms with Crippen molar-refractivity contribution in [2.45, 2.75) is 24.7 Å². The molecule has 114 valence electrons. The normalized spacial score (nSPS) is 20.1. The molecule has 1 aromatic rings. The van der Waals surface area contributed by atoms with Crippen molar-refractivity contribution in [3.05, 3.63) is 29.8 Å². The van der Waals surface area contributed by atoms with Gasteiger partial charge in [-0.1, -0.05) is 12.1 Å². The number of benzene rings is 1. The third kappa shape index (κ3) is 3.30. The number of sulfonamides is 1. The summed E-state index contributed by atoms with van der Waals surface area (Å²) in [6.07, 6.45) is 1.02. The lowest BCUT2D eigenvalue weighted by atomic mass is 10.0. The minimum atomic E-state index is -3.71. The molecule has 6 nitrogen and oxygen atoms in total. The lowest BCUT2D eigenvalue weighted by Gasteiger charge is -2.29. The zero-order valence-electron chi connectivity index (χ0n) is 11.7. The van der Waals surface area contributed by atoms with E-state index in [2.05, 4.69) is 0 Å². The van der Waals surface area contributed by atoms with Crippen molar-refractivity contribution in [2.24, 2.45) is 5.92 Å². The number of aliphatic carboxylic acids is 1. The van der Waals surface area contributed by atoms with Crippen LogP contribution in [0.4, 0.5) is 0 Å². The third-order valence-corrected chi connectivity index (χ3v) is 5.51. The van der Waals surface area contributed by atoms with Gasteiger partial charge >= 0.3 is 5.97 Å². The average molecular weight is 311 g/mol. The maximum atomic E-state index is 12.5. The number of carbonyl (C=O) groups excluding carboxylic acids is 1. The van der Waals surface area contributed by atoms with Gasteiger partial charge in [-0.3, -0.25) is 9.59 Å². The molecule has 0 bridgehead atoms. The fourth-order valence-corrected chi connectivity index (χ4v) is 3.90. The lowest BCUT2D eigenvalue weighted by Crippen LogP contribution is -2.42. The molecule has 1 heterocycles. The van der Waals surface area contributed by atoms with Crippen LogP contribution in [0.2, 0.25) is 0 Å². The number of hydrogen-bond acceptors (Lipinski definition) is 4. The van der Waals surface area contributed by atoms with Crippen molar-refractivity contribution in [3.8, 4) is 0 Å². The van der Waals surface area contributed by atoms with Gasteiger partial charge in [-0.05, 0) is 31.9 Å². The summed E-state index contributed by atoms with van der Waals surface area (Å²) in [5, 5.41) is 9.03. The number of carbonyl (C=O) groups is 2. The van der Waals surface area contributed by atoms with Gasteiger partial charge < -0.3 is 5.11 Å². The molecule has 0 saturated carbocycles. The SMILES string of the molecule is CC(=O)c1ccc(S(=O)(=O)N2CCC[C@H](C(=O)O)C2)cc1. The van der Waals surface area contributed by atoms with Crippen LogP contribution in [0.5, 0.6) is 0 Å².